The fourth-order valence-corrected chi connectivity index (χ4v) is 4.23. The molecular weight excluding hydrogens is 470 g/mol. The number of benzene rings is 1. The largest absolute Gasteiger partial charge is 0.494 e. The Labute approximate surface area is 223 Å². The average Bonchev–Trinajstić information content (AvgIpc) is 2.88. The van der Waals surface area contributed by atoms with Crippen molar-refractivity contribution in [1.82, 2.24) is 5.32 Å². The molecule has 0 saturated heterocycles. The molecule has 1 rings (SSSR count). The maximum atomic E-state index is 11.8. The summed E-state index contributed by atoms with van der Waals surface area (Å²) in [5.74, 6) is -1.13. The molecule has 0 fully saturated rings. The Hall–Kier alpha value is -2.57. The lowest BCUT2D eigenvalue weighted by Crippen LogP contribution is -2.24. The molecule has 0 aliphatic rings. The number of hydrogen-bond acceptors (Lipinski definition) is 4. The number of aromatic carboxylic acids is 1. The molecule has 0 aliphatic heterocycles. The first-order chi connectivity index (χ1) is 17.9. The minimum Gasteiger partial charge on any atom is -0.494 e. The van der Waals surface area contributed by atoms with Crippen molar-refractivity contribution in [2.24, 2.45) is 5.92 Å². The Balaban J connectivity index is 1.78. The van der Waals surface area contributed by atoms with Gasteiger partial charge in [0.05, 0.1) is 18.1 Å². The summed E-state index contributed by atoms with van der Waals surface area (Å²) in [6, 6.07) is 6.56. The number of amides is 1. The molecule has 0 spiro atoms. The highest BCUT2D eigenvalue weighted by atomic mass is 16.5. The van der Waals surface area contributed by atoms with Crippen LogP contribution in [0.3, 0.4) is 0 Å². The second kappa shape index (κ2) is 21.5. The maximum absolute atomic E-state index is 11.8. The van der Waals surface area contributed by atoms with Gasteiger partial charge in [-0.05, 0) is 49.9 Å². The first-order valence-electron chi connectivity index (χ1n) is 14.4. The van der Waals surface area contributed by atoms with Crippen LogP contribution in [-0.4, -0.2) is 41.2 Å². The number of carbonyl (C=O) groups is 3. The fourth-order valence-electron chi connectivity index (χ4n) is 4.23. The first kappa shape index (κ1) is 32.5. The predicted molar refractivity (Wildman–Crippen MR) is 147 cm³/mol. The third-order valence-electron chi connectivity index (χ3n) is 6.73. The van der Waals surface area contributed by atoms with E-state index < -0.39 is 11.9 Å². The normalized spacial score (nSPS) is 11.7. The molecule has 0 heterocycles. The molecule has 3 N–H and O–H groups in total. The summed E-state index contributed by atoms with van der Waals surface area (Å²) in [6.07, 6.45) is 18.6. The van der Waals surface area contributed by atoms with Crippen molar-refractivity contribution in [3.8, 4) is 5.75 Å². The highest BCUT2D eigenvalue weighted by molar-refractivity contribution is 5.87. The van der Waals surface area contributed by atoms with E-state index in [-0.39, 0.29) is 17.4 Å². The van der Waals surface area contributed by atoms with Gasteiger partial charge >= 0.3 is 11.9 Å². The Kier molecular flexibility index (Phi) is 18.9. The second-order valence-electron chi connectivity index (χ2n) is 10.1. The second-order valence-corrected chi connectivity index (χ2v) is 10.1. The van der Waals surface area contributed by atoms with Gasteiger partial charge in [-0.25, -0.2) is 4.79 Å². The average molecular weight is 520 g/mol. The minimum atomic E-state index is -0.920. The van der Waals surface area contributed by atoms with Crippen LogP contribution in [0, 0.1) is 5.92 Å². The lowest BCUT2D eigenvalue weighted by Gasteiger charge is -2.07. The van der Waals surface area contributed by atoms with Crippen LogP contribution in [0.5, 0.6) is 5.75 Å². The Morgan fingerprint density at radius 2 is 1.24 bits per heavy atom. The molecular formula is C30H49NO6. The van der Waals surface area contributed by atoms with Gasteiger partial charge in [-0.1, -0.05) is 84.0 Å². The van der Waals surface area contributed by atoms with Gasteiger partial charge in [0.15, 0.2) is 0 Å². The topological polar surface area (TPSA) is 113 Å². The van der Waals surface area contributed by atoms with E-state index >= 15 is 0 Å². The van der Waals surface area contributed by atoms with Gasteiger partial charge in [0.2, 0.25) is 5.91 Å². The summed E-state index contributed by atoms with van der Waals surface area (Å²) in [4.78, 5) is 33.4. The molecule has 37 heavy (non-hydrogen) atoms. The van der Waals surface area contributed by atoms with Crippen LogP contribution in [0.1, 0.15) is 126 Å². The molecule has 0 unspecified atom stereocenters. The van der Waals surface area contributed by atoms with Crippen molar-refractivity contribution in [1.29, 1.82) is 0 Å². The van der Waals surface area contributed by atoms with Crippen molar-refractivity contribution in [2.75, 3.05) is 13.2 Å². The Morgan fingerprint density at radius 1 is 0.730 bits per heavy atom. The van der Waals surface area contributed by atoms with Gasteiger partial charge in [-0.3, -0.25) is 9.59 Å². The van der Waals surface area contributed by atoms with Crippen molar-refractivity contribution >= 4 is 17.8 Å². The van der Waals surface area contributed by atoms with E-state index in [0.717, 1.165) is 44.3 Å². The quantitative estimate of drug-likeness (QED) is 0.124. The molecule has 0 saturated carbocycles. The van der Waals surface area contributed by atoms with Gasteiger partial charge in [-0.2, -0.15) is 0 Å². The van der Waals surface area contributed by atoms with Crippen LogP contribution in [0.25, 0.3) is 0 Å². The molecule has 7 nitrogen and oxygen atoms in total. The third kappa shape index (κ3) is 18.3. The van der Waals surface area contributed by atoms with E-state index in [0.29, 0.717) is 26.0 Å². The van der Waals surface area contributed by atoms with Crippen LogP contribution >= 0.6 is 0 Å². The van der Waals surface area contributed by atoms with Crippen molar-refractivity contribution in [3.63, 3.8) is 0 Å². The van der Waals surface area contributed by atoms with Crippen LogP contribution < -0.4 is 10.1 Å². The molecule has 0 bridgehead atoms. The Morgan fingerprint density at radius 3 is 1.76 bits per heavy atom. The summed E-state index contributed by atoms with van der Waals surface area (Å²) in [7, 11) is 0. The van der Waals surface area contributed by atoms with Crippen LogP contribution in [0.4, 0.5) is 0 Å². The van der Waals surface area contributed by atoms with E-state index in [9.17, 15) is 14.4 Å². The van der Waals surface area contributed by atoms with Crippen molar-refractivity contribution < 1.29 is 29.3 Å². The minimum absolute atomic E-state index is 0.117. The van der Waals surface area contributed by atoms with Crippen molar-refractivity contribution in [2.45, 2.75) is 116 Å². The molecule has 0 aliphatic carbocycles. The lowest BCUT2D eigenvalue weighted by atomic mass is 10.0. The number of nitrogens with one attached hydrogen (secondary N) is 1. The third-order valence-corrected chi connectivity index (χ3v) is 6.73. The summed E-state index contributed by atoms with van der Waals surface area (Å²) >= 11 is 0. The van der Waals surface area contributed by atoms with Crippen LogP contribution in [-0.2, 0) is 9.59 Å². The smallest absolute Gasteiger partial charge is 0.335 e. The van der Waals surface area contributed by atoms with Gasteiger partial charge in [0.1, 0.15) is 5.75 Å². The number of unbranched alkanes of at least 4 members (excludes halogenated alkanes) is 13. The zero-order valence-electron chi connectivity index (χ0n) is 22.8. The van der Waals surface area contributed by atoms with Crippen LogP contribution in [0.15, 0.2) is 24.3 Å². The van der Waals surface area contributed by atoms with Crippen LogP contribution in [0.2, 0.25) is 0 Å². The summed E-state index contributed by atoms with van der Waals surface area (Å²) < 4.78 is 5.67. The van der Waals surface area contributed by atoms with Gasteiger partial charge in [-0.15, -0.1) is 0 Å². The predicted octanol–water partition coefficient (Wildman–Crippen LogP) is 7.23. The molecule has 1 aromatic carbocycles. The zero-order valence-corrected chi connectivity index (χ0v) is 22.8. The number of carboxylic acids is 2. The van der Waals surface area contributed by atoms with Gasteiger partial charge in [0.25, 0.3) is 0 Å². The molecule has 7 heteroatoms. The fraction of sp³-hybridized carbons (Fsp3) is 0.700. The molecule has 1 amide bonds. The molecule has 210 valence electrons. The maximum Gasteiger partial charge on any atom is 0.335 e. The number of aliphatic carboxylic acids is 1. The molecule has 1 aromatic rings. The lowest BCUT2D eigenvalue weighted by molar-refractivity contribution is -0.141. The van der Waals surface area contributed by atoms with Gasteiger partial charge < -0.3 is 20.3 Å². The number of ether oxygens (including phenoxy) is 1. The van der Waals surface area contributed by atoms with E-state index in [1.54, 1.807) is 31.2 Å². The van der Waals surface area contributed by atoms with E-state index in [1.807, 2.05) is 0 Å². The van der Waals surface area contributed by atoms with Gasteiger partial charge in [0, 0.05) is 13.0 Å². The number of carboxylic acid groups (broad SMARTS) is 2. The van der Waals surface area contributed by atoms with E-state index in [4.69, 9.17) is 14.9 Å². The van der Waals surface area contributed by atoms with E-state index in [1.165, 1.54) is 57.8 Å². The molecule has 0 radical (unpaired) electrons. The molecule has 1 atom stereocenters. The summed E-state index contributed by atoms with van der Waals surface area (Å²) in [5, 5.41) is 20.7. The highest BCUT2D eigenvalue weighted by Crippen LogP contribution is 2.15. The molecule has 0 aromatic heterocycles. The first-order valence-corrected chi connectivity index (χ1v) is 14.4. The zero-order chi connectivity index (χ0) is 27.1. The number of rotatable bonds is 24. The SMILES string of the molecule is C[C@@H](CCCCNC(=O)CCCCCCCCCCCCCCCOc1ccc(C(=O)O)cc1)C(=O)O. The van der Waals surface area contributed by atoms with E-state index in [2.05, 4.69) is 5.32 Å². The monoisotopic (exact) mass is 519 g/mol. The van der Waals surface area contributed by atoms with Crippen molar-refractivity contribution in [3.05, 3.63) is 29.8 Å². The summed E-state index contributed by atoms with van der Waals surface area (Å²) in [5.41, 5.74) is 0.278. The summed E-state index contributed by atoms with van der Waals surface area (Å²) in [6.45, 7) is 3.04. The standard InChI is InChI=1S/C30H49NO6/c1-25(29(33)34)17-14-15-23-31-28(32)18-13-11-9-7-5-3-2-4-6-8-10-12-16-24-37-27-21-19-26(20-22-27)30(35)36/h19-22,25H,2-18,23-24H2,1H3,(H,31,32)(H,33,34)(H,35,36)/t25-/m0/s1. The number of carbonyl (C=O) groups excluding carboxylic acids is 1. The highest BCUT2D eigenvalue weighted by Gasteiger charge is 2.09. The number of hydrogen-bond donors (Lipinski definition) is 3. The Bertz CT molecular complexity index is 749.